The average Bonchev–Trinajstić information content (AvgIpc) is 3.30. The fourth-order valence-corrected chi connectivity index (χ4v) is 3.94. The van der Waals surface area contributed by atoms with E-state index in [1.165, 1.54) is 0 Å². The van der Waals surface area contributed by atoms with Gasteiger partial charge in [-0.05, 0) is 44.2 Å². The highest BCUT2D eigenvalue weighted by Crippen LogP contribution is 2.26. The van der Waals surface area contributed by atoms with Gasteiger partial charge in [-0.2, -0.15) is 5.10 Å². The van der Waals surface area contributed by atoms with Gasteiger partial charge in [0.1, 0.15) is 11.5 Å². The van der Waals surface area contributed by atoms with Crippen molar-refractivity contribution in [3.8, 4) is 11.5 Å². The first kappa shape index (κ1) is 16.9. The van der Waals surface area contributed by atoms with Gasteiger partial charge in [0.15, 0.2) is 5.69 Å². The van der Waals surface area contributed by atoms with Crippen LogP contribution in [0.1, 0.15) is 41.0 Å². The Hall–Kier alpha value is -2.50. The third-order valence-corrected chi connectivity index (χ3v) is 5.34. The molecule has 1 amide bonds. The molecule has 0 radical (unpaired) electrons. The molecule has 2 aromatic rings. The van der Waals surface area contributed by atoms with E-state index >= 15 is 0 Å². The summed E-state index contributed by atoms with van der Waals surface area (Å²) in [7, 11) is 1.65. The standard InChI is InChI=1S/C20H25N3O3/c1-25-15-6-2-7-16(11-15)26-13-14-5-4-10-23(12-14)20(24)19-17-8-3-9-18(17)21-22-19/h2,6-7,11,14H,3-5,8-10,12-13H2,1H3,(H,21,22)/t14-/m0/s1. The van der Waals surface area contributed by atoms with Crippen molar-refractivity contribution in [2.75, 3.05) is 26.8 Å². The largest absolute Gasteiger partial charge is 0.497 e. The summed E-state index contributed by atoms with van der Waals surface area (Å²) in [5, 5.41) is 7.33. The van der Waals surface area contributed by atoms with Crippen molar-refractivity contribution < 1.29 is 14.3 Å². The molecule has 4 rings (SSSR count). The number of nitrogens with zero attached hydrogens (tertiary/aromatic N) is 2. The summed E-state index contributed by atoms with van der Waals surface area (Å²) in [6, 6.07) is 7.64. The second-order valence-corrected chi connectivity index (χ2v) is 7.13. The third kappa shape index (κ3) is 3.41. The lowest BCUT2D eigenvalue weighted by atomic mass is 9.98. The molecule has 1 N–H and O–H groups in total. The molecule has 0 saturated carbocycles. The van der Waals surface area contributed by atoms with Gasteiger partial charge >= 0.3 is 0 Å². The number of hydrogen-bond acceptors (Lipinski definition) is 4. The molecule has 1 aromatic heterocycles. The number of aryl methyl sites for hydroxylation is 1. The molecular weight excluding hydrogens is 330 g/mol. The van der Waals surface area contributed by atoms with E-state index in [2.05, 4.69) is 10.2 Å². The van der Waals surface area contributed by atoms with Crippen molar-refractivity contribution in [1.82, 2.24) is 15.1 Å². The van der Waals surface area contributed by atoms with Crippen LogP contribution in [0.5, 0.6) is 11.5 Å². The quantitative estimate of drug-likeness (QED) is 0.896. The van der Waals surface area contributed by atoms with Crippen molar-refractivity contribution in [2.45, 2.75) is 32.1 Å². The Morgan fingerprint density at radius 3 is 3.08 bits per heavy atom. The molecule has 0 spiro atoms. The number of aromatic nitrogens is 2. The molecule has 0 unspecified atom stereocenters. The number of benzene rings is 1. The lowest BCUT2D eigenvalue weighted by Crippen LogP contribution is -2.42. The highest BCUT2D eigenvalue weighted by molar-refractivity contribution is 5.94. The van der Waals surface area contributed by atoms with Crippen LogP contribution in [0.4, 0.5) is 0 Å². The van der Waals surface area contributed by atoms with Crippen molar-refractivity contribution in [2.24, 2.45) is 5.92 Å². The van der Waals surface area contributed by atoms with Crippen molar-refractivity contribution >= 4 is 5.91 Å². The van der Waals surface area contributed by atoms with Crippen LogP contribution in [-0.2, 0) is 12.8 Å². The summed E-state index contributed by atoms with van der Waals surface area (Å²) >= 11 is 0. The molecule has 1 fully saturated rings. The topological polar surface area (TPSA) is 67.5 Å². The van der Waals surface area contributed by atoms with E-state index in [4.69, 9.17) is 9.47 Å². The maximum atomic E-state index is 12.9. The van der Waals surface area contributed by atoms with Crippen molar-refractivity contribution in [3.63, 3.8) is 0 Å². The second-order valence-electron chi connectivity index (χ2n) is 7.13. The molecule has 26 heavy (non-hydrogen) atoms. The Kier molecular flexibility index (Phi) is 4.82. The minimum absolute atomic E-state index is 0.0653. The number of H-pyrrole nitrogens is 1. The summed E-state index contributed by atoms with van der Waals surface area (Å²) in [6.07, 6.45) is 5.16. The maximum Gasteiger partial charge on any atom is 0.274 e. The number of carbonyl (C=O) groups is 1. The van der Waals surface area contributed by atoms with Crippen molar-refractivity contribution in [3.05, 3.63) is 41.2 Å². The van der Waals surface area contributed by atoms with Crippen LogP contribution in [0.2, 0.25) is 0 Å². The molecule has 1 atom stereocenters. The number of ether oxygens (including phenoxy) is 2. The van der Waals surface area contributed by atoms with E-state index in [1.807, 2.05) is 29.2 Å². The van der Waals surface area contributed by atoms with Crippen LogP contribution in [0.25, 0.3) is 0 Å². The van der Waals surface area contributed by atoms with Gasteiger partial charge in [0.25, 0.3) is 5.91 Å². The van der Waals surface area contributed by atoms with Crippen LogP contribution >= 0.6 is 0 Å². The SMILES string of the molecule is COc1cccc(OC[C@H]2CCCN(C(=O)c3n[nH]c4c3CCC4)C2)c1. The summed E-state index contributed by atoms with van der Waals surface area (Å²) in [5.74, 6) is 2.00. The van der Waals surface area contributed by atoms with Gasteiger partial charge in [0.2, 0.25) is 0 Å². The van der Waals surface area contributed by atoms with Gasteiger partial charge in [-0.3, -0.25) is 9.89 Å². The van der Waals surface area contributed by atoms with Gasteiger partial charge < -0.3 is 14.4 Å². The van der Waals surface area contributed by atoms with E-state index in [0.717, 1.165) is 68.0 Å². The Labute approximate surface area is 153 Å². The zero-order valence-corrected chi connectivity index (χ0v) is 15.2. The smallest absolute Gasteiger partial charge is 0.274 e. The third-order valence-electron chi connectivity index (χ3n) is 5.34. The molecule has 2 aliphatic rings. The average molecular weight is 355 g/mol. The summed E-state index contributed by atoms with van der Waals surface area (Å²) in [6.45, 7) is 2.14. The number of piperidine rings is 1. The first-order valence-corrected chi connectivity index (χ1v) is 9.37. The van der Waals surface area contributed by atoms with E-state index in [-0.39, 0.29) is 5.91 Å². The molecule has 1 aliphatic heterocycles. The number of fused-ring (bicyclic) bond motifs is 1. The normalized spacial score (nSPS) is 19.3. The number of likely N-dealkylation sites (tertiary alicyclic amines) is 1. The predicted octanol–water partition coefficient (Wildman–Crippen LogP) is 2.84. The Morgan fingerprint density at radius 1 is 1.31 bits per heavy atom. The molecule has 6 heteroatoms. The molecule has 1 aromatic carbocycles. The molecule has 6 nitrogen and oxygen atoms in total. The van der Waals surface area contributed by atoms with Gasteiger partial charge in [-0.15, -0.1) is 0 Å². The van der Waals surface area contributed by atoms with E-state index in [0.29, 0.717) is 18.2 Å². The molecule has 1 aliphatic carbocycles. The lowest BCUT2D eigenvalue weighted by Gasteiger charge is -2.32. The summed E-state index contributed by atoms with van der Waals surface area (Å²) in [4.78, 5) is 14.9. The highest BCUT2D eigenvalue weighted by atomic mass is 16.5. The van der Waals surface area contributed by atoms with Crippen LogP contribution in [0, 0.1) is 5.92 Å². The minimum atomic E-state index is 0.0653. The number of carbonyl (C=O) groups excluding carboxylic acids is 1. The van der Waals surface area contributed by atoms with Crippen LogP contribution in [-0.4, -0.2) is 47.8 Å². The number of hydrogen-bond donors (Lipinski definition) is 1. The van der Waals surface area contributed by atoms with E-state index in [1.54, 1.807) is 7.11 Å². The first-order chi connectivity index (χ1) is 12.7. The number of aromatic amines is 1. The lowest BCUT2D eigenvalue weighted by molar-refractivity contribution is 0.0626. The fraction of sp³-hybridized carbons (Fsp3) is 0.500. The monoisotopic (exact) mass is 355 g/mol. The number of rotatable bonds is 5. The van der Waals surface area contributed by atoms with Gasteiger partial charge in [0.05, 0.1) is 13.7 Å². The van der Waals surface area contributed by atoms with E-state index in [9.17, 15) is 4.79 Å². The second kappa shape index (κ2) is 7.40. The molecule has 138 valence electrons. The van der Waals surface area contributed by atoms with Crippen LogP contribution in [0.15, 0.2) is 24.3 Å². The Morgan fingerprint density at radius 2 is 2.19 bits per heavy atom. The summed E-state index contributed by atoms with van der Waals surface area (Å²) < 4.78 is 11.2. The van der Waals surface area contributed by atoms with Gasteiger partial charge in [-0.1, -0.05) is 6.07 Å². The zero-order chi connectivity index (χ0) is 17.9. The number of amides is 1. The maximum absolute atomic E-state index is 12.9. The predicted molar refractivity (Wildman–Crippen MR) is 97.7 cm³/mol. The zero-order valence-electron chi connectivity index (χ0n) is 15.2. The molecule has 0 bridgehead atoms. The molecule has 1 saturated heterocycles. The van der Waals surface area contributed by atoms with Gasteiger partial charge in [-0.25, -0.2) is 0 Å². The highest BCUT2D eigenvalue weighted by Gasteiger charge is 2.30. The minimum Gasteiger partial charge on any atom is -0.497 e. The Bertz CT molecular complexity index is 786. The number of nitrogens with one attached hydrogen (secondary N) is 1. The summed E-state index contributed by atoms with van der Waals surface area (Å²) in [5.41, 5.74) is 2.90. The molecule has 2 heterocycles. The van der Waals surface area contributed by atoms with E-state index < -0.39 is 0 Å². The van der Waals surface area contributed by atoms with Crippen LogP contribution in [0.3, 0.4) is 0 Å². The first-order valence-electron chi connectivity index (χ1n) is 9.37. The fourth-order valence-electron chi connectivity index (χ4n) is 3.94. The van der Waals surface area contributed by atoms with Gasteiger partial charge in [0, 0.05) is 36.3 Å². The molecular formula is C20H25N3O3. The van der Waals surface area contributed by atoms with Crippen LogP contribution < -0.4 is 9.47 Å². The van der Waals surface area contributed by atoms with Crippen molar-refractivity contribution in [1.29, 1.82) is 0 Å². The Balaban J connectivity index is 1.37. The number of methoxy groups -OCH3 is 1.